The Bertz CT molecular complexity index is 735. The Morgan fingerprint density at radius 2 is 1.60 bits per heavy atom. The van der Waals surface area contributed by atoms with Gasteiger partial charge in [-0.05, 0) is 24.3 Å². The number of ketones is 1. The van der Waals surface area contributed by atoms with Gasteiger partial charge in [-0.25, -0.2) is 0 Å². The lowest BCUT2D eigenvalue weighted by Crippen LogP contribution is -2.59. The molecule has 0 saturated carbocycles. The van der Waals surface area contributed by atoms with Crippen LogP contribution in [0.15, 0.2) is 59.5 Å². The average molecular weight is 362 g/mol. The van der Waals surface area contributed by atoms with Crippen LogP contribution >= 0.6 is 11.8 Å². The number of ether oxygens (including phenoxy) is 1. The standard InChI is InChI=1S/C18H18O6S/c19-14-10-24-18(23,17(22)16(14)21)25-13-8-6-12(7-9-13)15(20)11-4-2-1-3-5-11/h1-9,14,16-17,19,21-23H,10H2/t14-,16+,17-,18?/m1/s1. The topological polar surface area (TPSA) is 107 Å². The van der Waals surface area contributed by atoms with E-state index >= 15 is 0 Å². The molecule has 0 spiro atoms. The molecule has 0 amide bonds. The van der Waals surface area contributed by atoms with Gasteiger partial charge in [0.15, 0.2) is 5.78 Å². The second kappa shape index (κ2) is 7.25. The summed E-state index contributed by atoms with van der Waals surface area (Å²) in [7, 11) is 0. The molecule has 1 aliphatic heterocycles. The summed E-state index contributed by atoms with van der Waals surface area (Å²) in [4.78, 5) is 12.9. The van der Waals surface area contributed by atoms with E-state index in [-0.39, 0.29) is 12.4 Å². The molecule has 0 radical (unpaired) electrons. The summed E-state index contributed by atoms with van der Waals surface area (Å²) in [6.07, 6.45) is -4.45. The summed E-state index contributed by atoms with van der Waals surface area (Å²) >= 11 is 0.798. The lowest BCUT2D eigenvalue weighted by molar-refractivity contribution is -0.272. The molecule has 0 bridgehead atoms. The summed E-state index contributed by atoms with van der Waals surface area (Å²) in [5.41, 5.74) is 1.06. The highest BCUT2D eigenvalue weighted by Gasteiger charge is 2.49. The molecular formula is C18H18O6S. The van der Waals surface area contributed by atoms with Crippen molar-refractivity contribution >= 4 is 17.5 Å². The number of aliphatic hydroxyl groups is 4. The van der Waals surface area contributed by atoms with E-state index in [1.807, 2.05) is 6.07 Å². The maximum absolute atomic E-state index is 12.4. The number of rotatable bonds is 4. The Kier molecular flexibility index (Phi) is 5.24. The predicted octanol–water partition coefficient (Wildman–Crippen LogP) is 0.769. The first-order valence-electron chi connectivity index (χ1n) is 7.70. The minimum absolute atomic E-state index is 0.122. The van der Waals surface area contributed by atoms with Crippen molar-refractivity contribution in [2.75, 3.05) is 6.61 Å². The number of hydrogen-bond acceptors (Lipinski definition) is 7. The number of carbonyl (C=O) groups excluding carboxylic acids is 1. The van der Waals surface area contributed by atoms with Crippen molar-refractivity contribution in [3.8, 4) is 0 Å². The van der Waals surface area contributed by atoms with Crippen molar-refractivity contribution in [1.29, 1.82) is 0 Å². The third-order valence-electron chi connectivity index (χ3n) is 3.97. The van der Waals surface area contributed by atoms with E-state index in [2.05, 4.69) is 0 Å². The van der Waals surface area contributed by atoms with E-state index in [0.29, 0.717) is 16.0 Å². The van der Waals surface area contributed by atoms with Gasteiger partial charge in [-0.2, -0.15) is 0 Å². The molecule has 4 atom stereocenters. The maximum Gasteiger partial charge on any atom is 0.250 e. The predicted molar refractivity (Wildman–Crippen MR) is 91.1 cm³/mol. The largest absolute Gasteiger partial charge is 0.388 e. The van der Waals surface area contributed by atoms with Crippen molar-refractivity contribution in [3.05, 3.63) is 65.7 Å². The molecule has 7 heteroatoms. The maximum atomic E-state index is 12.4. The monoisotopic (exact) mass is 362 g/mol. The van der Waals surface area contributed by atoms with Crippen molar-refractivity contribution in [2.24, 2.45) is 0 Å². The first-order chi connectivity index (χ1) is 11.9. The third-order valence-corrected chi connectivity index (χ3v) is 5.13. The Hall–Kier alpha value is -1.74. The normalized spacial score (nSPS) is 29.4. The summed E-state index contributed by atoms with van der Waals surface area (Å²) in [5, 5.41) is 37.4. The van der Waals surface area contributed by atoms with Gasteiger partial charge in [0.05, 0.1) is 6.61 Å². The molecule has 4 N–H and O–H groups in total. The quantitative estimate of drug-likeness (QED) is 0.470. The lowest BCUT2D eigenvalue weighted by atomic mass is 10.0. The van der Waals surface area contributed by atoms with Crippen LogP contribution in [-0.2, 0) is 4.74 Å². The SMILES string of the molecule is O=C(c1ccccc1)c1ccc(SC2(O)OC[C@@H](O)[C@H](O)[C@H]2O)cc1. The van der Waals surface area contributed by atoms with Crippen molar-refractivity contribution in [3.63, 3.8) is 0 Å². The highest BCUT2D eigenvalue weighted by molar-refractivity contribution is 8.00. The summed E-state index contributed by atoms with van der Waals surface area (Å²) < 4.78 is 5.10. The molecule has 1 saturated heterocycles. The van der Waals surface area contributed by atoms with Crippen LogP contribution in [0, 0.1) is 0 Å². The van der Waals surface area contributed by atoms with Gasteiger partial charge in [0.1, 0.15) is 18.3 Å². The second-order valence-corrected chi connectivity index (χ2v) is 7.03. The Morgan fingerprint density at radius 1 is 1.00 bits per heavy atom. The van der Waals surface area contributed by atoms with Gasteiger partial charge in [0.25, 0.3) is 0 Å². The summed E-state index contributed by atoms with van der Waals surface area (Å²) in [5.74, 6) is -0.122. The highest BCUT2D eigenvalue weighted by Crippen LogP contribution is 2.39. The fraction of sp³-hybridized carbons (Fsp3) is 0.278. The third kappa shape index (κ3) is 3.77. The molecule has 25 heavy (non-hydrogen) atoms. The fourth-order valence-electron chi connectivity index (χ4n) is 2.50. The molecule has 3 rings (SSSR count). The zero-order valence-electron chi connectivity index (χ0n) is 13.1. The van der Waals surface area contributed by atoms with Gasteiger partial charge in [-0.15, -0.1) is 0 Å². The van der Waals surface area contributed by atoms with E-state index < -0.39 is 23.4 Å². The molecule has 1 unspecified atom stereocenters. The van der Waals surface area contributed by atoms with Crippen LogP contribution in [0.4, 0.5) is 0 Å². The minimum Gasteiger partial charge on any atom is -0.388 e. The van der Waals surface area contributed by atoms with Gasteiger partial charge in [-0.1, -0.05) is 42.1 Å². The minimum atomic E-state index is -2.08. The van der Waals surface area contributed by atoms with E-state index in [4.69, 9.17) is 4.74 Å². The van der Waals surface area contributed by atoms with E-state index in [9.17, 15) is 25.2 Å². The van der Waals surface area contributed by atoms with Crippen LogP contribution in [0.1, 0.15) is 15.9 Å². The van der Waals surface area contributed by atoms with Crippen molar-refractivity contribution in [2.45, 2.75) is 28.3 Å². The molecule has 2 aromatic rings. The molecule has 0 aliphatic carbocycles. The van der Waals surface area contributed by atoms with E-state index in [0.717, 1.165) is 11.8 Å². The Balaban J connectivity index is 1.74. The van der Waals surface area contributed by atoms with Crippen molar-refractivity contribution < 1.29 is 30.0 Å². The zero-order valence-corrected chi connectivity index (χ0v) is 14.0. The molecule has 0 aromatic heterocycles. The lowest BCUT2D eigenvalue weighted by Gasteiger charge is -2.40. The van der Waals surface area contributed by atoms with Crippen molar-refractivity contribution in [1.82, 2.24) is 0 Å². The molecule has 132 valence electrons. The molecule has 1 aliphatic rings. The Labute approximate surface area is 148 Å². The number of carbonyl (C=O) groups is 1. The first kappa shape index (κ1) is 18.1. The Morgan fingerprint density at radius 3 is 2.24 bits per heavy atom. The van der Waals surface area contributed by atoms with Gasteiger partial charge < -0.3 is 25.2 Å². The number of aliphatic hydroxyl groups excluding tert-OH is 3. The average Bonchev–Trinajstić information content (AvgIpc) is 2.64. The van der Waals surface area contributed by atoms with Gasteiger partial charge in [0, 0.05) is 16.0 Å². The molecule has 6 nitrogen and oxygen atoms in total. The first-order valence-corrected chi connectivity index (χ1v) is 8.52. The number of benzene rings is 2. The van der Waals surface area contributed by atoms with Gasteiger partial charge >= 0.3 is 0 Å². The molecular weight excluding hydrogens is 344 g/mol. The van der Waals surface area contributed by atoms with Gasteiger partial charge in [0.2, 0.25) is 5.12 Å². The zero-order chi connectivity index (χ0) is 18.0. The van der Waals surface area contributed by atoms with E-state index in [1.54, 1.807) is 48.5 Å². The second-order valence-electron chi connectivity index (χ2n) is 5.77. The van der Waals surface area contributed by atoms with Crippen LogP contribution in [0.3, 0.4) is 0 Å². The fourth-order valence-corrected chi connectivity index (χ4v) is 3.50. The number of thioether (sulfide) groups is 1. The molecule has 1 heterocycles. The van der Waals surface area contributed by atoms with Crippen LogP contribution < -0.4 is 0 Å². The smallest absolute Gasteiger partial charge is 0.250 e. The van der Waals surface area contributed by atoms with Crippen LogP contribution in [0.5, 0.6) is 0 Å². The van der Waals surface area contributed by atoms with Crippen LogP contribution in [0.2, 0.25) is 0 Å². The molecule has 2 aromatic carbocycles. The van der Waals surface area contributed by atoms with Crippen LogP contribution in [-0.4, -0.2) is 56.2 Å². The summed E-state index contributed by atoms with van der Waals surface area (Å²) in [6.45, 7) is -0.299. The molecule has 1 fully saturated rings. The van der Waals surface area contributed by atoms with Crippen LogP contribution in [0.25, 0.3) is 0 Å². The van der Waals surface area contributed by atoms with E-state index in [1.165, 1.54) is 0 Å². The summed E-state index contributed by atoms with van der Waals surface area (Å²) in [6, 6.07) is 15.3. The number of hydrogen-bond donors (Lipinski definition) is 4. The highest BCUT2D eigenvalue weighted by atomic mass is 32.2. The van der Waals surface area contributed by atoms with Gasteiger partial charge in [-0.3, -0.25) is 4.79 Å².